The topological polar surface area (TPSA) is 799 Å². The number of carbonyl (C=O) groups is 9. The van der Waals surface area contributed by atoms with Gasteiger partial charge in [0.05, 0.1) is 6.04 Å². The molecule has 0 aromatic rings. The van der Waals surface area contributed by atoms with E-state index in [4.69, 9.17) is 97.5 Å². The Morgan fingerprint density at radius 1 is 0.250 bits per heavy atom. The van der Waals surface area contributed by atoms with Crippen molar-refractivity contribution in [1.29, 1.82) is 0 Å². The van der Waals surface area contributed by atoms with Crippen LogP contribution in [0.1, 0.15) is 128 Å². The fourth-order valence-electron chi connectivity index (χ4n) is 8.98. The molecule has 0 aromatic carbocycles. The summed E-state index contributed by atoms with van der Waals surface area (Å²) in [6.07, 6.45) is 1.64. The van der Waals surface area contributed by atoms with Crippen molar-refractivity contribution in [3.63, 3.8) is 0 Å². The van der Waals surface area contributed by atoms with Gasteiger partial charge in [-0.25, -0.2) is 4.79 Å². The molecule has 43 N–H and O–H groups in total. The standard InChI is InChI=1S/C54H110N32O10/c55-21-3-1-13-31(80-42(90)33(15-6-24-73-49(60)61)79-39(87)30(57)12-5-23-72-48(58)59)40(88)82-35(17-8-26-75-51(64)65)44(92)84-34(16-7-25-74-50(62)63)43(91)81-32(14-2-4-22-56)41(89)83-36(18-9-27-76-52(66)67)45(93)85-37(19-10-28-77-53(68)69)46(94)86-38(47(95)96)20-11-29-78-54(70)71/h30-38H,1-29,55-57H2,(H,79,87)(H,80,90)(H,81,91)(H,82,88)(H,83,89)(H,84,92)(H,85,93)(H,86,94)(H,95,96)(H4,58,59,72)(H4,60,61,73)(H4,62,63,74)(H4,64,65,75)(H4,66,67,76)(H4,68,69,77)(H4,70,71,78)/t30-,31-,32-,33-,34-,35-,36-,37-,38-/m0/s1. The first kappa shape index (κ1) is 86.0. The van der Waals surface area contributed by atoms with Crippen LogP contribution in [0.25, 0.3) is 0 Å². The molecule has 0 unspecified atom stereocenters. The number of guanidine groups is 7. The largest absolute Gasteiger partial charge is 0.480 e. The third kappa shape index (κ3) is 42.3. The molecule has 42 nitrogen and oxygen atoms in total. The molecule has 0 fully saturated rings. The molecule has 0 saturated heterocycles. The van der Waals surface area contributed by atoms with Gasteiger partial charge in [0.25, 0.3) is 0 Å². The van der Waals surface area contributed by atoms with Gasteiger partial charge in [-0.1, -0.05) is 0 Å². The Morgan fingerprint density at radius 2 is 0.417 bits per heavy atom. The minimum atomic E-state index is -1.49. The highest BCUT2D eigenvalue weighted by molar-refractivity contribution is 5.98. The second kappa shape index (κ2) is 50.5. The lowest BCUT2D eigenvalue weighted by Crippen LogP contribution is -2.60. The van der Waals surface area contributed by atoms with E-state index in [2.05, 4.69) is 77.5 Å². The number of unbranched alkanes of at least 4 members (excludes halogenated alkanes) is 2. The van der Waals surface area contributed by atoms with E-state index in [0.717, 1.165) is 0 Å². The van der Waals surface area contributed by atoms with E-state index in [9.17, 15) is 48.3 Å². The highest BCUT2D eigenvalue weighted by atomic mass is 16.4. The van der Waals surface area contributed by atoms with Crippen molar-refractivity contribution in [2.75, 3.05) is 58.9 Å². The molecule has 42 heteroatoms. The zero-order chi connectivity index (χ0) is 72.5. The third-order valence-corrected chi connectivity index (χ3v) is 13.9. The number of nitrogens with two attached hydrogens (primary N) is 17. The number of aliphatic carboxylic acids is 1. The quantitative estimate of drug-likeness (QED) is 0.0153. The summed E-state index contributed by atoms with van der Waals surface area (Å²) < 4.78 is 0. The molecule has 0 heterocycles. The highest BCUT2D eigenvalue weighted by Crippen LogP contribution is 2.12. The number of hydrogen-bond acceptors (Lipinski definition) is 19. The van der Waals surface area contributed by atoms with Crippen molar-refractivity contribution in [3.8, 4) is 0 Å². The van der Waals surface area contributed by atoms with Gasteiger partial charge < -0.3 is 145 Å². The lowest BCUT2D eigenvalue weighted by atomic mass is 10.0. The Balaban J connectivity index is 7.50. The number of nitrogens with zero attached hydrogens (tertiary/aromatic N) is 7. The normalized spacial score (nSPS) is 13.5. The smallest absolute Gasteiger partial charge is 0.326 e. The van der Waals surface area contributed by atoms with E-state index in [1.54, 1.807) is 0 Å². The highest BCUT2D eigenvalue weighted by Gasteiger charge is 2.35. The van der Waals surface area contributed by atoms with Gasteiger partial charge in [-0.3, -0.25) is 73.3 Å². The van der Waals surface area contributed by atoms with Crippen LogP contribution < -0.4 is 140 Å². The Bertz CT molecular complexity index is 2610. The lowest BCUT2D eigenvalue weighted by Gasteiger charge is -2.28. The van der Waals surface area contributed by atoms with Crippen molar-refractivity contribution in [2.45, 2.75) is 183 Å². The molecular weight excluding hydrogens is 1260 g/mol. The molecule has 96 heavy (non-hydrogen) atoms. The maximum absolute atomic E-state index is 14.7. The van der Waals surface area contributed by atoms with Crippen LogP contribution in [0, 0.1) is 0 Å². The van der Waals surface area contributed by atoms with Gasteiger partial charge in [0, 0.05) is 45.8 Å². The van der Waals surface area contributed by atoms with Crippen LogP contribution in [0.3, 0.4) is 0 Å². The molecule has 0 aliphatic rings. The first-order valence-corrected chi connectivity index (χ1v) is 31.6. The molecule has 8 amide bonds. The van der Waals surface area contributed by atoms with Crippen LogP contribution in [0.4, 0.5) is 0 Å². The van der Waals surface area contributed by atoms with Crippen molar-refractivity contribution >= 4 is 94.9 Å². The number of carbonyl (C=O) groups excluding carboxylic acids is 8. The number of aliphatic imine (C=N–C) groups is 7. The first-order chi connectivity index (χ1) is 45.4. The molecule has 0 saturated carbocycles. The molecule has 0 spiro atoms. The number of nitrogens with one attached hydrogen (secondary N) is 8. The van der Waals surface area contributed by atoms with Gasteiger partial charge in [0.1, 0.15) is 48.3 Å². The molecule has 546 valence electrons. The number of hydrogen-bond donors (Lipinski definition) is 26. The lowest BCUT2D eigenvalue weighted by molar-refractivity contribution is -0.142. The van der Waals surface area contributed by atoms with Crippen LogP contribution >= 0.6 is 0 Å². The molecule has 0 aliphatic carbocycles. The molecule has 0 rings (SSSR count). The van der Waals surface area contributed by atoms with Crippen molar-refractivity contribution in [2.24, 2.45) is 132 Å². The number of carboxylic acid groups (broad SMARTS) is 1. The predicted octanol–water partition coefficient (Wildman–Crippen LogP) is -11.1. The average Bonchev–Trinajstić information content (AvgIpc) is 1.07. The predicted molar refractivity (Wildman–Crippen MR) is 366 cm³/mol. The molecule has 9 atom stereocenters. The molecule has 0 aromatic heterocycles. The minimum absolute atomic E-state index is 0.00357. The summed E-state index contributed by atoms with van der Waals surface area (Å²) in [5, 5.41) is 31.1. The minimum Gasteiger partial charge on any atom is -0.480 e. The zero-order valence-corrected chi connectivity index (χ0v) is 54.8. The van der Waals surface area contributed by atoms with E-state index in [-0.39, 0.29) is 203 Å². The maximum atomic E-state index is 14.7. The Kier molecular flexibility index (Phi) is 45.2. The monoisotopic (exact) mass is 1370 g/mol. The number of rotatable bonds is 53. The Labute approximate surface area is 558 Å². The summed E-state index contributed by atoms with van der Waals surface area (Å²) in [7, 11) is 0. The van der Waals surface area contributed by atoms with Gasteiger partial charge in [-0.05, 0) is 142 Å². The van der Waals surface area contributed by atoms with Crippen LogP contribution in [0.15, 0.2) is 34.9 Å². The van der Waals surface area contributed by atoms with E-state index in [1.165, 1.54) is 0 Å². The second-order valence-corrected chi connectivity index (χ2v) is 22.1. The number of amides is 8. The Morgan fingerprint density at radius 3 is 0.604 bits per heavy atom. The molecule has 0 aliphatic heterocycles. The SMILES string of the molecule is NCCCC[C@H](NC(=O)[C@H](CCCN=C(N)N)NC(=O)[C@H](CCCN=C(N)N)NC(=O)[C@H](CCCCN)NC(=O)[C@H](CCCN=C(N)N)NC(=O)[C@@H](N)CCCN=C(N)N)C(=O)N[C@@H](CCCN=C(N)N)C(=O)N[C@@H](CCCN=C(N)N)C(=O)N[C@@H](CCCN=C(N)N)C(=O)O. The van der Waals surface area contributed by atoms with E-state index >= 15 is 0 Å². The summed E-state index contributed by atoms with van der Waals surface area (Å²) >= 11 is 0. The summed E-state index contributed by atoms with van der Waals surface area (Å²) in [6.45, 7) is 0.627. The van der Waals surface area contributed by atoms with Crippen LogP contribution in [0.2, 0.25) is 0 Å². The summed E-state index contributed by atoms with van der Waals surface area (Å²) in [6, 6.07) is -12.5. The molecule has 0 bridgehead atoms. The maximum Gasteiger partial charge on any atom is 0.326 e. The van der Waals surface area contributed by atoms with Gasteiger partial charge >= 0.3 is 5.97 Å². The van der Waals surface area contributed by atoms with Crippen molar-refractivity contribution in [1.82, 2.24) is 42.5 Å². The zero-order valence-electron chi connectivity index (χ0n) is 54.8. The Hall–Kier alpha value is -10.00. The van der Waals surface area contributed by atoms with Crippen molar-refractivity contribution in [3.05, 3.63) is 0 Å². The second-order valence-electron chi connectivity index (χ2n) is 22.1. The summed E-state index contributed by atoms with van der Waals surface area (Å²) in [4.78, 5) is 154. The van der Waals surface area contributed by atoms with Crippen LogP contribution in [-0.4, -0.2) is 213 Å². The van der Waals surface area contributed by atoms with E-state index in [0.29, 0.717) is 25.7 Å². The average molecular weight is 1370 g/mol. The van der Waals surface area contributed by atoms with Gasteiger partial charge in [0.2, 0.25) is 47.3 Å². The molecular formula is C54H110N32O10. The van der Waals surface area contributed by atoms with Crippen molar-refractivity contribution < 1.29 is 48.3 Å². The van der Waals surface area contributed by atoms with Gasteiger partial charge in [0.15, 0.2) is 41.7 Å². The van der Waals surface area contributed by atoms with Gasteiger partial charge in [-0.15, -0.1) is 0 Å². The molecule has 0 radical (unpaired) electrons. The van der Waals surface area contributed by atoms with Gasteiger partial charge in [-0.2, -0.15) is 0 Å². The fraction of sp³-hybridized carbons (Fsp3) is 0.704. The summed E-state index contributed by atoms with van der Waals surface area (Å²) in [5.74, 6) is -9.96. The number of carboxylic acids is 1. The van der Waals surface area contributed by atoms with Crippen LogP contribution in [-0.2, 0) is 43.2 Å². The summed E-state index contributed by atoms with van der Waals surface area (Å²) in [5.41, 5.74) is 94.9. The third-order valence-electron chi connectivity index (χ3n) is 13.9. The van der Waals surface area contributed by atoms with E-state index in [1.807, 2.05) is 0 Å². The van der Waals surface area contributed by atoms with E-state index < -0.39 is 108 Å². The first-order valence-electron chi connectivity index (χ1n) is 31.6. The van der Waals surface area contributed by atoms with Crippen LogP contribution in [0.5, 0.6) is 0 Å². The fourth-order valence-corrected chi connectivity index (χ4v) is 8.98.